The molecule has 0 aliphatic heterocycles. The lowest BCUT2D eigenvalue weighted by molar-refractivity contribution is 0.612. The fourth-order valence-corrected chi connectivity index (χ4v) is 5.22. The molecule has 0 fully saturated rings. The van der Waals surface area contributed by atoms with Gasteiger partial charge in [-0.25, -0.2) is 4.39 Å². The van der Waals surface area contributed by atoms with Crippen molar-refractivity contribution >= 4 is 70.7 Å². The lowest BCUT2D eigenvalue weighted by atomic mass is 10.1. The van der Waals surface area contributed by atoms with E-state index in [2.05, 4.69) is 47.8 Å². The van der Waals surface area contributed by atoms with E-state index in [-0.39, 0.29) is 5.82 Å². The summed E-state index contributed by atoms with van der Waals surface area (Å²) in [5.74, 6) is -0.303. The Bertz CT molecular complexity index is 556. The Hall–Kier alpha value is 0.580. The molecule has 0 saturated carbocycles. The summed E-state index contributed by atoms with van der Waals surface area (Å²) in [7, 11) is 0. The van der Waals surface area contributed by atoms with Crippen molar-refractivity contribution in [2.75, 3.05) is 0 Å². The number of rotatable bonds is 2. The zero-order valence-corrected chi connectivity index (χ0v) is 14.5. The number of hydrogen-bond acceptors (Lipinski definition) is 1. The predicted molar refractivity (Wildman–Crippen MR) is 81.5 cm³/mol. The first kappa shape index (κ1) is 14.0. The van der Waals surface area contributed by atoms with Crippen LogP contribution in [0.2, 0.25) is 0 Å². The van der Waals surface area contributed by atoms with Gasteiger partial charge in [-0.2, -0.15) is 0 Å². The van der Waals surface area contributed by atoms with E-state index in [0.29, 0.717) is 5.56 Å². The summed E-state index contributed by atoms with van der Waals surface area (Å²) in [5, 5.41) is -0.510. The number of thiophene rings is 1. The van der Waals surface area contributed by atoms with E-state index < -0.39 is 5.38 Å². The Morgan fingerprint density at radius 2 is 1.82 bits per heavy atom. The van der Waals surface area contributed by atoms with Crippen LogP contribution in [0.4, 0.5) is 4.39 Å². The normalized spacial score (nSPS) is 12.8. The van der Waals surface area contributed by atoms with Crippen LogP contribution in [0.1, 0.15) is 16.5 Å². The molecule has 6 heteroatoms. The van der Waals surface area contributed by atoms with Crippen LogP contribution in [-0.2, 0) is 0 Å². The molecule has 0 N–H and O–H groups in total. The third kappa shape index (κ3) is 3.13. The van der Waals surface area contributed by atoms with Crippen molar-refractivity contribution < 1.29 is 4.39 Å². The molecular formula is C11H5Br3ClFS. The van der Waals surface area contributed by atoms with Gasteiger partial charge in [-0.3, -0.25) is 0 Å². The first-order valence-electron chi connectivity index (χ1n) is 4.53. The summed E-state index contributed by atoms with van der Waals surface area (Å²) in [6, 6.07) is 6.66. The highest BCUT2D eigenvalue weighted by Gasteiger charge is 2.20. The maximum atomic E-state index is 13.7. The molecule has 0 radical (unpaired) electrons. The van der Waals surface area contributed by atoms with Gasteiger partial charge in [0.1, 0.15) is 5.82 Å². The van der Waals surface area contributed by atoms with Crippen molar-refractivity contribution in [3.05, 3.63) is 53.3 Å². The Kier molecular flexibility index (Phi) is 4.69. The van der Waals surface area contributed by atoms with Crippen LogP contribution >= 0.6 is 70.7 Å². The molecule has 0 saturated heterocycles. The van der Waals surface area contributed by atoms with Crippen LogP contribution in [0.25, 0.3) is 0 Å². The Balaban J connectivity index is 2.46. The van der Waals surface area contributed by atoms with Crippen LogP contribution in [0.5, 0.6) is 0 Å². The van der Waals surface area contributed by atoms with Crippen molar-refractivity contribution in [3.8, 4) is 0 Å². The largest absolute Gasteiger partial charge is 0.207 e. The molecule has 0 spiro atoms. The van der Waals surface area contributed by atoms with Crippen LogP contribution in [0.15, 0.2) is 36.3 Å². The third-order valence-corrected chi connectivity index (χ3v) is 5.54. The molecule has 1 aromatic carbocycles. The predicted octanol–water partition coefficient (Wildman–Crippen LogP) is 6.50. The van der Waals surface area contributed by atoms with Gasteiger partial charge in [0.25, 0.3) is 0 Å². The van der Waals surface area contributed by atoms with Gasteiger partial charge >= 0.3 is 0 Å². The second kappa shape index (κ2) is 5.70. The van der Waals surface area contributed by atoms with E-state index in [4.69, 9.17) is 11.6 Å². The molecule has 90 valence electrons. The van der Waals surface area contributed by atoms with Crippen LogP contribution in [-0.4, -0.2) is 0 Å². The zero-order chi connectivity index (χ0) is 12.6. The molecule has 0 bridgehead atoms. The average Bonchev–Trinajstić information content (AvgIpc) is 2.60. The second-order valence-electron chi connectivity index (χ2n) is 3.31. The number of alkyl halides is 1. The lowest BCUT2D eigenvalue weighted by Gasteiger charge is -2.10. The summed E-state index contributed by atoms with van der Waals surface area (Å²) < 4.78 is 16.4. The van der Waals surface area contributed by atoms with Crippen LogP contribution in [0, 0.1) is 5.82 Å². The Morgan fingerprint density at radius 3 is 2.41 bits per heavy atom. The minimum absolute atomic E-state index is 0.303. The summed E-state index contributed by atoms with van der Waals surface area (Å²) in [4.78, 5) is 0. The maximum Gasteiger partial charge on any atom is 0.128 e. The molecule has 0 aliphatic rings. The molecule has 2 aromatic rings. The summed E-state index contributed by atoms with van der Waals surface area (Å²) >= 11 is 18.0. The van der Waals surface area contributed by atoms with Crippen LogP contribution < -0.4 is 0 Å². The van der Waals surface area contributed by atoms with Crippen molar-refractivity contribution in [2.45, 2.75) is 5.38 Å². The minimum atomic E-state index is -0.510. The average molecular weight is 463 g/mol. The molecule has 1 heterocycles. The molecule has 17 heavy (non-hydrogen) atoms. The van der Waals surface area contributed by atoms with Gasteiger partial charge in [0.2, 0.25) is 0 Å². The zero-order valence-electron chi connectivity index (χ0n) is 8.18. The Labute approximate surface area is 133 Å². The Morgan fingerprint density at radius 1 is 1.12 bits per heavy atom. The van der Waals surface area contributed by atoms with Crippen molar-refractivity contribution in [1.82, 2.24) is 0 Å². The molecule has 0 aliphatic carbocycles. The highest BCUT2D eigenvalue weighted by atomic mass is 79.9. The molecule has 0 amide bonds. The fourth-order valence-electron chi connectivity index (χ4n) is 1.40. The van der Waals surface area contributed by atoms with Gasteiger partial charge < -0.3 is 0 Å². The summed E-state index contributed by atoms with van der Waals surface area (Å²) in [5.41, 5.74) is 1.33. The van der Waals surface area contributed by atoms with Gasteiger partial charge in [0.15, 0.2) is 0 Å². The van der Waals surface area contributed by atoms with Gasteiger partial charge in [0, 0.05) is 15.6 Å². The standard InChI is InChI=1S/C11H5Br3ClFS/c12-5-1-2-8(16)6(3-5)10(15)7-4-9(13)17-11(7)14/h1-4,10H. The molecule has 0 nitrogen and oxygen atoms in total. The fraction of sp³-hybridized carbons (Fsp3) is 0.0909. The number of halogens is 5. The first-order chi connectivity index (χ1) is 7.99. The van der Waals surface area contributed by atoms with E-state index in [9.17, 15) is 4.39 Å². The van der Waals surface area contributed by atoms with E-state index in [1.165, 1.54) is 17.4 Å². The number of benzene rings is 1. The van der Waals surface area contributed by atoms with Gasteiger partial charge in [-0.05, 0) is 56.1 Å². The van der Waals surface area contributed by atoms with E-state index >= 15 is 0 Å². The van der Waals surface area contributed by atoms with Gasteiger partial charge in [0.05, 0.1) is 12.9 Å². The maximum absolute atomic E-state index is 13.7. The van der Waals surface area contributed by atoms with Crippen molar-refractivity contribution in [1.29, 1.82) is 0 Å². The minimum Gasteiger partial charge on any atom is -0.207 e. The quantitative estimate of drug-likeness (QED) is 0.446. The number of hydrogen-bond donors (Lipinski definition) is 0. The first-order valence-corrected chi connectivity index (χ1v) is 8.16. The van der Waals surface area contributed by atoms with Crippen molar-refractivity contribution in [2.24, 2.45) is 0 Å². The van der Waals surface area contributed by atoms with Gasteiger partial charge in [-0.1, -0.05) is 15.9 Å². The molecule has 2 rings (SSSR count). The summed E-state index contributed by atoms with van der Waals surface area (Å²) in [6.45, 7) is 0. The SMILES string of the molecule is Fc1ccc(Br)cc1C(Cl)c1cc(Br)sc1Br. The highest BCUT2D eigenvalue weighted by molar-refractivity contribution is 9.12. The van der Waals surface area contributed by atoms with Gasteiger partial charge in [-0.15, -0.1) is 22.9 Å². The van der Waals surface area contributed by atoms with Crippen molar-refractivity contribution in [3.63, 3.8) is 0 Å². The van der Waals surface area contributed by atoms with Crippen LogP contribution in [0.3, 0.4) is 0 Å². The van der Waals surface area contributed by atoms with E-state index in [0.717, 1.165) is 17.6 Å². The highest BCUT2D eigenvalue weighted by Crippen LogP contribution is 2.41. The molecule has 1 unspecified atom stereocenters. The third-order valence-electron chi connectivity index (χ3n) is 2.19. The lowest BCUT2D eigenvalue weighted by Crippen LogP contribution is -1.96. The summed E-state index contributed by atoms with van der Waals surface area (Å²) in [6.07, 6.45) is 0. The topological polar surface area (TPSA) is 0 Å². The monoisotopic (exact) mass is 460 g/mol. The van der Waals surface area contributed by atoms with E-state index in [1.54, 1.807) is 12.1 Å². The van der Waals surface area contributed by atoms with E-state index in [1.807, 2.05) is 6.07 Å². The second-order valence-corrected chi connectivity index (χ2v) is 8.41. The smallest absolute Gasteiger partial charge is 0.128 e. The molecular weight excluding hydrogens is 458 g/mol. The molecule has 1 atom stereocenters. The molecule has 1 aromatic heterocycles.